The second-order valence-electron chi connectivity index (χ2n) is 13.6. The van der Waals surface area contributed by atoms with E-state index in [1.807, 2.05) is 0 Å². The molecule has 43 heavy (non-hydrogen) atoms. The van der Waals surface area contributed by atoms with Crippen molar-refractivity contribution in [2.24, 2.45) is 0 Å². The topological polar surface area (TPSA) is 26.3 Å². The predicted molar refractivity (Wildman–Crippen MR) is 193 cm³/mol. The standard InChI is InChI=1S/C41H80O2/c1-3-5-7-9-11-13-15-17-19-21-22-24-26-28-30-32-34-36-38-40-43-41(42)39-37-35-33-31-29-27-25-23-20-18-16-14-12-10-8-6-4-2/h14,16H,3-13,15,17-40H2,1-2H3. The maximum absolute atomic E-state index is 12.0. The summed E-state index contributed by atoms with van der Waals surface area (Å²) in [6.45, 7) is 5.20. The van der Waals surface area contributed by atoms with Crippen LogP contribution in [0.5, 0.6) is 0 Å². The summed E-state index contributed by atoms with van der Waals surface area (Å²) in [5.74, 6) is 0.0254. The van der Waals surface area contributed by atoms with Crippen LogP contribution in [0, 0.1) is 0 Å². The summed E-state index contributed by atoms with van der Waals surface area (Å²) >= 11 is 0. The molecule has 0 aromatic carbocycles. The van der Waals surface area contributed by atoms with Crippen LogP contribution in [0.15, 0.2) is 12.2 Å². The Balaban J connectivity index is 3.17. The molecule has 0 radical (unpaired) electrons. The number of esters is 1. The molecule has 0 bridgehead atoms. The van der Waals surface area contributed by atoms with Crippen molar-refractivity contribution in [1.82, 2.24) is 0 Å². The van der Waals surface area contributed by atoms with Gasteiger partial charge in [-0.3, -0.25) is 4.79 Å². The maximum Gasteiger partial charge on any atom is 0.305 e. The number of carbonyl (C=O) groups excluding carboxylic acids is 1. The van der Waals surface area contributed by atoms with Crippen LogP contribution in [0.2, 0.25) is 0 Å². The van der Waals surface area contributed by atoms with E-state index in [0.717, 1.165) is 12.8 Å². The number of unbranched alkanes of at least 4 members (excludes halogenated alkanes) is 31. The van der Waals surface area contributed by atoms with Gasteiger partial charge >= 0.3 is 5.97 Å². The van der Waals surface area contributed by atoms with Gasteiger partial charge in [0.25, 0.3) is 0 Å². The number of carbonyl (C=O) groups is 1. The van der Waals surface area contributed by atoms with E-state index < -0.39 is 0 Å². The van der Waals surface area contributed by atoms with Gasteiger partial charge in [-0.05, 0) is 38.5 Å². The van der Waals surface area contributed by atoms with Gasteiger partial charge in [-0.25, -0.2) is 0 Å². The van der Waals surface area contributed by atoms with Crippen LogP contribution >= 0.6 is 0 Å². The van der Waals surface area contributed by atoms with E-state index in [0.29, 0.717) is 13.0 Å². The zero-order valence-corrected chi connectivity index (χ0v) is 29.9. The Morgan fingerprint density at radius 3 is 1.02 bits per heavy atom. The first-order chi connectivity index (χ1) is 21.3. The zero-order chi connectivity index (χ0) is 31.2. The minimum atomic E-state index is 0.0254. The Morgan fingerprint density at radius 1 is 0.372 bits per heavy atom. The van der Waals surface area contributed by atoms with E-state index in [1.54, 1.807) is 0 Å². The SMILES string of the molecule is CCCCCCC=CCCCCCCCCCCCC(=O)OCCCCCCCCCCCCCCCCCCCCC. The highest BCUT2D eigenvalue weighted by Crippen LogP contribution is 2.15. The van der Waals surface area contributed by atoms with Crippen LogP contribution in [-0.2, 0) is 9.53 Å². The third-order valence-electron chi connectivity index (χ3n) is 9.15. The highest BCUT2D eigenvalue weighted by molar-refractivity contribution is 5.69. The molecule has 256 valence electrons. The second kappa shape index (κ2) is 39.2. The van der Waals surface area contributed by atoms with E-state index in [2.05, 4.69) is 26.0 Å². The lowest BCUT2D eigenvalue weighted by atomic mass is 10.0. The Morgan fingerprint density at radius 2 is 0.651 bits per heavy atom. The van der Waals surface area contributed by atoms with Crippen molar-refractivity contribution in [3.63, 3.8) is 0 Å². The van der Waals surface area contributed by atoms with Crippen molar-refractivity contribution in [1.29, 1.82) is 0 Å². The summed E-state index contributed by atoms with van der Waals surface area (Å²) in [5, 5.41) is 0. The lowest BCUT2D eigenvalue weighted by Crippen LogP contribution is -2.05. The van der Waals surface area contributed by atoms with Gasteiger partial charge in [0, 0.05) is 6.42 Å². The van der Waals surface area contributed by atoms with Crippen LogP contribution in [0.4, 0.5) is 0 Å². The number of ether oxygens (including phenoxy) is 1. The summed E-state index contributed by atoms with van der Waals surface area (Å²) in [6, 6.07) is 0. The first kappa shape index (κ1) is 42.2. The van der Waals surface area contributed by atoms with E-state index in [-0.39, 0.29) is 5.97 Å². The number of rotatable bonds is 37. The zero-order valence-electron chi connectivity index (χ0n) is 29.9. The van der Waals surface area contributed by atoms with E-state index in [9.17, 15) is 4.79 Å². The number of hydrogen-bond acceptors (Lipinski definition) is 2. The quantitative estimate of drug-likeness (QED) is 0.0400. The second-order valence-corrected chi connectivity index (χ2v) is 13.6. The molecule has 0 aliphatic carbocycles. The molecule has 0 unspecified atom stereocenters. The molecular weight excluding hydrogens is 524 g/mol. The lowest BCUT2D eigenvalue weighted by Gasteiger charge is -2.06. The van der Waals surface area contributed by atoms with Gasteiger partial charge < -0.3 is 4.74 Å². The van der Waals surface area contributed by atoms with Gasteiger partial charge in [0.1, 0.15) is 0 Å². The summed E-state index contributed by atoms with van der Waals surface area (Å²) in [4.78, 5) is 12.0. The van der Waals surface area contributed by atoms with Crippen LogP contribution in [0.3, 0.4) is 0 Å². The molecule has 0 saturated heterocycles. The summed E-state index contributed by atoms with van der Waals surface area (Å²) < 4.78 is 5.46. The molecular formula is C41H80O2. The molecule has 0 atom stereocenters. The third kappa shape index (κ3) is 39.2. The minimum Gasteiger partial charge on any atom is -0.466 e. The fourth-order valence-electron chi connectivity index (χ4n) is 6.13. The Bertz CT molecular complexity index is 540. The summed E-state index contributed by atoms with van der Waals surface area (Å²) in [6.07, 6.45) is 51.5. The van der Waals surface area contributed by atoms with Crippen molar-refractivity contribution in [3.05, 3.63) is 12.2 Å². The molecule has 0 rings (SSSR count). The molecule has 0 amide bonds. The first-order valence-electron chi connectivity index (χ1n) is 20.1. The number of hydrogen-bond donors (Lipinski definition) is 0. The van der Waals surface area contributed by atoms with Gasteiger partial charge in [0.2, 0.25) is 0 Å². The van der Waals surface area contributed by atoms with Gasteiger partial charge in [-0.2, -0.15) is 0 Å². The average molecular weight is 605 g/mol. The normalized spacial score (nSPS) is 11.6. The molecule has 0 heterocycles. The third-order valence-corrected chi connectivity index (χ3v) is 9.15. The van der Waals surface area contributed by atoms with Crippen LogP contribution in [0.25, 0.3) is 0 Å². The molecule has 0 N–H and O–H groups in total. The summed E-state index contributed by atoms with van der Waals surface area (Å²) in [7, 11) is 0. The predicted octanol–water partition coefficient (Wildman–Crippen LogP) is 14.8. The molecule has 0 aromatic heterocycles. The van der Waals surface area contributed by atoms with Crippen molar-refractivity contribution >= 4 is 5.97 Å². The van der Waals surface area contributed by atoms with Gasteiger partial charge in [-0.1, -0.05) is 206 Å². The Kier molecular flexibility index (Phi) is 38.5. The van der Waals surface area contributed by atoms with Gasteiger partial charge in [-0.15, -0.1) is 0 Å². The number of allylic oxidation sites excluding steroid dienone is 2. The van der Waals surface area contributed by atoms with Crippen LogP contribution in [-0.4, -0.2) is 12.6 Å². The highest BCUT2D eigenvalue weighted by Gasteiger charge is 2.03. The van der Waals surface area contributed by atoms with Crippen LogP contribution < -0.4 is 0 Å². The van der Waals surface area contributed by atoms with Crippen LogP contribution in [0.1, 0.15) is 239 Å². The van der Waals surface area contributed by atoms with Gasteiger partial charge in [0.15, 0.2) is 0 Å². The first-order valence-corrected chi connectivity index (χ1v) is 20.1. The lowest BCUT2D eigenvalue weighted by molar-refractivity contribution is -0.143. The average Bonchev–Trinajstić information content (AvgIpc) is 3.01. The van der Waals surface area contributed by atoms with Crippen molar-refractivity contribution in [2.45, 2.75) is 239 Å². The summed E-state index contributed by atoms with van der Waals surface area (Å²) in [5.41, 5.74) is 0. The van der Waals surface area contributed by atoms with Crippen molar-refractivity contribution in [2.75, 3.05) is 6.61 Å². The fraction of sp³-hybridized carbons (Fsp3) is 0.927. The monoisotopic (exact) mass is 605 g/mol. The van der Waals surface area contributed by atoms with Crippen molar-refractivity contribution < 1.29 is 9.53 Å². The molecule has 0 aliphatic rings. The molecule has 2 heteroatoms. The molecule has 0 aromatic rings. The molecule has 0 aliphatic heterocycles. The molecule has 0 saturated carbocycles. The van der Waals surface area contributed by atoms with E-state index >= 15 is 0 Å². The Hall–Kier alpha value is -0.790. The highest BCUT2D eigenvalue weighted by atomic mass is 16.5. The van der Waals surface area contributed by atoms with E-state index in [4.69, 9.17) is 4.74 Å². The minimum absolute atomic E-state index is 0.0254. The van der Waals surface area contributed by atoms with E-state index in [1.165, 1.54) is 205 Å². The largest absolute Gasteiger partial charge is 0.466 e. The van der Waals surface area contributed by atoms with Crippen molar-refractivity contribution in [3.8, 4) is 0 Å². The van der Waals surface area contributed by atoms with Gasteiger partial charge in [0.05, 0.1) is 6.61 Å². The smallest absolute Gasteiger partial charge is 0.305 e. The molecule has 0 spiro atoms. The maximum atomic E-state index is 12.0. The Labute approximate surface area is 272 Å². The molecule has 0 fully saturated rings. The fourth-order valence-corrected chi connectivity index (χ4v) is 6.13. The molecule has 2 nitrogen and oxygen atoms in total.